The first-order valence-electron chi connectivity index (χ1n) is 12.4. The van der Waals surface area contributed by atoms with Gasteiger partial charge in [-0.3, -0.25) is 4.79 Å². The average Bonchev–Trinajstić information content (AvgIpc) is 3.44. The highest BCUT2D eigenvalue weighted by Gasteiger charge is 2.30. The van der Waals surface area contributed by atoms with E-state index in [2.05, 4.69) is 0 Å². The van der Waals surface area contributed by atoms with E-state index in [1.165, 1.54) is 23.7 Å². The summed E-state index contributed by atoms with van der Waals surface area (Å²) in [6, 6.07) is 13.8. The van der Waals surface area contributed by atoms with E-state index in [0.29, 0.717) is 42.0 Å². The van der Waals surface area contributed by atoms with Gasteiger partial charge in [-0.25, -0.2) is 22.1 Å². The number of carboxylic acids is 1. The van der Waals surface area contributed by atoms with Crippen molar-refractivity contribution in [3.63, 3.8) is 0 Å². The third-order valence-corrected chi connectivity index (χ3v) is 8.24. The minimum absolute atomic E-state index is 0.0371. The summed E-state index contributed by atoms with van der Waals surface area (Å²) in [5, 5.41) is 20.0. The number of hydrogen-bond donors (Lipinski definition) is 2. The molecule has 0 spiro atoms. The number of β-amino-alcohol motifs (C(OH)–C–C–N with tert-alkyl or cyclic N) is 1. The summed E-state index contributed by atoms with van der Waals surface area (Å²) < 4.78 is 34.9. The molecule has 0 saturated carbocycles. The van der Waals surface area contributed by atoms with Crippen LogP contribution >= 0.6 is 0 Å². The fourth-order valence-electron chi connectivity index (χ4n) is 4.53. The molecule has 204 valence electrons. The Morgan fingerprint density at radius 1 is 1.13 bits per heavy atom. The summed E-state index contributed by atoms with van der Waals surface area (Å²) >= 11 is 0. The molecule has 4 rings (SSSR count). The fraction of sp³-hybridized carbons (Fsp3) is 0.407. The van der Waals surface area contributed by atoms with Crippen LogP contribution in [-0.2, 0) is 19.6 Å². The molecule has 0 amide bonds. The van der Waals surface area contributed by atoms with Gasteiger partial charge in [0.2, 0.25) is 10.0 Å². The molecule has 1 aliphatic rings. The van der Waals surface area contributed by atoms with Crippen molar-refractivity contribution in [3.05, 3.63) is 48.5 Å². The minimum Gasteiger partial charge on any atom is -0.481 e. The van der Waals surface area contributed by atoms with Crippen molar-refractivity contribution in [2.24, 2.45) is 0 Å². The van der Waals surface area contributed by atoms with Gasteiger partial charge >= 0.3 is 12.1 Å². The van der Waals surface area contributed by atoms with Crippen LogP contribution in [-0.4, -0.2) is 78.0 Å². The molecule has 0 unspecified atom stereocenters. The molecule has 10 nitrogen and oxygen atoms in total. The number of nitrogens with zero attached hydrogens (tertiary/aromatic N) is 3. The first-order valence-corrected chi connectivity index (χ1v) is 13.8. The smallest absolute Gasteiger partial charge is 0.419 e. The number of anilines is 1. The van der Waals surface area contributed by atoms with E-state index in [4.69, 9.17) is 9.84 Å². The Hall–Kier alpha value is -3.41. The summed E-state index contributed by atoms with van der Waals surface area (Å²) in [6.45, 7) is 6.05. The second-order valence-corrected chi connectivity index (χ2v) is 12.5. The molecule has 3 aromatic rings. The third kappa shape index (κ3) is 5.69. The van der Waals surface area contributed by atoms with Crippen LogP contribution in [0, 0.1) is 0 Å². The Morgan fingerprint density at radius 3 is 2.47 bits per heavy atom. The lowest BCUT2D eigenvalue weighted by Gasteiger charge is -2.25. The van der Waals surface area contributed by atoms with E-state index in [1.54, 1.807) is 32.9 Å². The molecule has 1 fully saturated rings. The summed E-state index contributed by atoms with van der Waals surface area (Å²) in [5.41, 5.74) is 1.44. The van der Waals surface area contributed by atoms with Crippen molar-refractivity contribution in [1.82, 2.24) is 8.87 Å². The summed E-state index contributed by atoms with van der Waals surface area (Å²) in [6.07, 6.45) is -0.899. The number of para-hydroxylation sites is 1. The maximum atomic E-state index is 13.5. The second-order valence-electron chi connectivity index (χ2n) is 10.4. The minimum atomic E-state index is -4.03. The topological polar surface area (TPSA) is 129 Å². The Kier molecular flexibility index (Phi) is 7.55. The standard InChI is InChI=1S/C27H33N3O7S/c1-27(2,3)37-26(34)30-22-8-6-5-7-18(22)15-24(30)21-16-20(38(35,36)28(4)13-12-25(32)33)9-10-23(21)29-14-11-19(31)17-29/h5-10,15-16,19,31H,11-14,17H2,1-4H3,(H,32,33)/t19-/m0/s1. The summed E-state index contributed by atoms with van der Waals surface area (Å²) in [7, 11) is -2.70. The van der Waals surface area contributed by atoms with Gasteiger partial charge in [-0.15, -0.1) is 0 Å². The summed E-state index contributed by atoms with van der Waals surface area (Å²) in [4.78, 5) is 26.4. The monoisotopic (exact) mass is 543 g/mol. The third-order valence-electron chi connectivity index (χ3n) is 6.38. The summed E-state index contributed by atoms with van der Waals surface area (Å²) in [5.74, 6) is -1.10. The molecule has 2 N–H and O–H groups in total. The number of sulfonamides is 1. The van der Waals surface area contributed by atoms with Crippen molar-refractivity contribution in [2.45, 2.75) is 50.2 Å². The van der Waals surface area contributed by atoms with Crippen LogP contribution < -0.4 is 4.90 Å². The zero-order valence-electron chi connectivity index (χ0n) is 21.9. The molecular formula is C27H33N3O7S. The highest BCUT2D eigenvalue weighted by molar-refractivity contribution is 7.89. The van der Waals surface area contributed by atoms with Gasteiger partial charge < -0.3 is 19.8 Å². The largest absolute Gasteiger partial charge is 0.481 e. The lowest BCUT2D eigenvalue weighted by atomic mass is 10.1. The molecule has 11 heteroatoms. The molecule has 2 aromatic carbocycles. The number of ether oxygens (including phenoxy) is 1. The number of aliphatic carboxylic acids is 1. The number of aliphatic hydroxyl groups excluding tert-OH is 1. The SMILES string of the molecule is CN(CCC(=O)O)S(=O)(=O)c1ccc(N2CC[C@H](O)C2)c(-c2cc3ccccc3n2C(=O)OC(C)(C)C)c1. The van der Waals surface area contributed by atoms with Crippen molar-refractivity contribution in [2.75, 3.05) is 31.6 Å². The van der Waals surface area contributed by atoms with Gasteiger partial charge in [0.15, 0.2) is 0 Å². The second kappa shape index (κ2) is 10.4. The van der Waals surface area contributed by atoms with Crippen LogP contribution in [0.5, 0.6) is 0 Å². The van der Waals surface area contributed by atoms with Gasteiger partial charge in [-0.1, -0.05) is 18.2 Å². The predicted octanol–water partition coefficient (Wildman–Crippen LogP) is 3.76. The van der Waals surface area contributed by atoms with E-state index in [9.17, 15) is 23.1 Å². The highest BCUT2D eigenvalue weighted by Crippen LogP contribution is 2.38. The number of aromatic nitrogens is 1. The molecule has 2 heterocycles. The molecule has 38 heavy (non-hydrogen) atoms. The molecule has 1 aromatic heterocycles. The van der Waals surface area contributed by atoms with Crippen LogP contribution in [0.3, 0.4) is 0 Å². The van der Waals surface area contributed by atoms with Crippen LogP contribution in [0.25, 0.3) is 22.2 Å². The molecule has 1 saturated heterocycles. The van der Waals surface area contributed by atoms with Gasteiger partial charge in [0.25, 0.3) is 0 Å². The fourth-order valence-corrected chi connectivity index (χ4v) is 5.73. The lowest BCUT2D eigenvalue weighted by Crippen LogP contribution is -2.30. The van der Waals surface area contributed by atoms with Gasteiger partial charge in [-0.05, 0) is 57.5 Å². The Bertz CT molecular complexity index is 1470. The maximum Gasteiger partial charge on any atom is 0.419 e. The number of carbonyl (C=O) groups excluding carboxylic acids is 1. The number of hydrogen-bond acceptors (Lipinski definition) is 7. The molecular weight excluding hydrogens is 510 g/mol. The van der Waals surface area contributed by atoms with Crippen LogP contribution in [0.15, 0.2) is 53.4 Å². The molecule has 1 atom stereocenters. The number of aliphatic hydroxyl groups is 1. The van der Waals surface area contributed by atoms with Gasteiger partial charge in [0, 0.05) is 43.3 Å². The molecule has 0 radical (unpaired) electrons. The Morgan fingerprint density at radius 2 is 1.84 bits per heavy atom. The zero-order chi connectivity index (χ0) is 27.8. The van der Waals surface area contributed by atoms with E-state index in [-0.39, 0.29) is 17.9 Å². The first-order chi connectivity index (χ1) is 17.8. The zero-order valence-corrected chi connectivity index (χ0v) is 22.7. The van der Waals surface area contributed by atoms with Crippen molar-refractivity contribution >= 4 is 38.7 Å². The normalized spacial score (nSPS) is 16.4. The first kappa shape index (κ1) is 27.6. The molecule has 1 aliphatic heterocycles. The van der Waals surface area contributed by atoms with Crippen LogP contribution in [0.4, 0.5) is 10.5 Å². The van der Waals surface area contributed by atoms with Crippen LogP contribution in [0.2, 0.25) is 0 Å². The van der Waals surface area contributed by atoms with E-state index < -0.39 is 33.8 Å². The highest BCUT2D eigenvalue weighted by atomic mass is 32.2. The average molecular weight is 544 g/mol. The quantitative estimate of drug-likeness (QED) is 0.461. The Labute approximate surface area is 222 Å². The number of benzene rings is 2. The van der Waals surface area contributed by atoms with Crippen LogP contribution in [0.1, 0.15) is 33.6 Å². The predicted molar refractivity (Wildman–Crippen MR) is 144 cm³/mol. The van der Waals surface area contributed by atoms with E-state index in [0.717, 1.165) is 9.69 Å². The maximum absolute atomic E-state index is 13.5. The van der Waals surface area contributed by atoms with E-state index >= 15 is 0 Å². The number of carbonyl (C=O) groups is 2. The van der Waals surface area contributed by atoms with Gasteiger partial charge in [0.05, 0.1) is 28.6 Å². The molecule has 0 bridgehead atoms. The van der Waals surface area contributed by atoms with Gasteiger partial charge in [0.1, 0.15) is 5.60 Å². The van der Waals surface area contributed by atoms with Crippen molar-refractivity contribution < 1.29 is 33.0 Å². The number of fused-ring (bicyclic) bond motifs is 1. The van der Waals surface area contributed by atoms with Crippen molar-refractivity contribution in [1.29, 1.82) is 0 Å². The van der Waals surface area contributed by atoms with E-state index in [1.807, 2.05) is 29.2 Å². The molecule has 0 aliphatic carbocycles. The lowest BCUT2D eigenvalue weighted by molar-refractivity contribution is -0.137. The number of rotatable bonds is 7. The Balaban J connectivity index is 1.92. The van der Waals surface area contributed by atoms with Gasteiger partial charge in [-0.2, -0.15) is 0 Å². The number of carboxylic acid groups (broad SMARTS) is 1. The van der Waals surface area contributed by atoms with Crippen molar-refractivity contribution in [3.8, 4) is 11.3 Å².